The van der Waals surface area contributed by atoms with Crippen LogP contribution in [0.15, 0.2) is 83.5 Å². The van der Waals surface area contributed by atoms with Gasteiger partial charge in [-0.05, 0) is 56.5 Å². The molecule has 16 nitrogen and oxygen atoms in total. The number of benzene rings is 2. The van der Waals surface area contributed by atoms with Crippen molar-refractivity contribution in [1.29, 1.82) is 0 Å². The Morgan fingerprint density at radius 2 is 1.49 bits per heavy atom. The van der Waals surface area contributed by atoms with Gasteiger partial charge >= 0.3 is 29.8 Å². The summed E-state index contributed by atoms with van der Waals surface area (Å²) in [6, 6.07) is 14.8. The Labute approximate surface area is 365 Å². The average Bonchev–Trinajstić information content (AvgIpc) is 3.22. The number of fused-ring (bicyclic) bond motifs is 5. The van der Waals surface area contributed by atoms with E-state index >= 15 is 4.79 Å². The highest BCUT2D eigenvalue weighted by atomic mass is 16.6. The molecule has 1 aliphatic heterocycles. The Bertz CT molecular complexity index is 2240. The molecule has 6 rings (SSSR count). The number of aliphatic hydroxyl groups is 2. The van der Waals surface area contributed by atoms with Gasteiger partial charge in [-0.1, -0.05) is 68.5 Å². The molecule has 16 heteroatoms. The van der Waals surface area contributed by atoms with E-state index in [0.717, 1.165) is 20.8 Å². The van der Waals surface area contributed by atoms with Crippen LogP contribution >= 0.6 is 0 Å². The molecule has 11 atom stereocenters. The van der Waals surface area contributed by atoms with Crippen molar-refractivity contribution in [2.24, 2.45) is 16.7 Å². The zero-order chi connectivity index (χ0) is 46.4. The van der Waals surface area contributed by atoms with Crippen molar-refractivity contribution in [3.8, 4) is 0 Å². The molecule has 2 aromatic rings. The highest BCUT2D eigenvalue weighted by molar-refractivity contribution is 5.96. The van der Waals surface area contributed by atoms with E-state index in [-0.39, 0.29) is 29.7 Å². The molecule has 3 fully saturated rings. The maximum atomic E-state index is 15.5. The molecule has 2 bridgehead atoms. The van der Waals surface area contributed by atoms with Crippen LogP contribution in [0.2, 0.25) is 0 Å². The first-order valence-electron chi connectivity index (χ1n) is 20.8. The van der Waals surface area contributed by atoms with Gasteiger partial charge in [0.15, 0.2) is 17.5 Å². The highest BCUT2D eigenvalue weighted by Crippen LogP contribution is 2.64. The largest absolute Gasteiger partial charge is 0.455 e. The third-order valence-corrected chi connectivity index (χ3v) is 13.5. The van der Waals surface area contributed by atoms with Crippen LogP contribution in [0.4, 0.5) is 0 Å². The van der Waals surface area contributed by atoms with Crippen LogP contribution in [0.5, 0.6) is 0 Å². The molecule has 1 heterocycles. The van der Waals surface area contributed by atoms with Gasteiger partial charge in [-0.2, -0.15) is 0 Å². The van der Waals surface area contributed by atoms with Crippen LogP contribution in [-0.4, -0.2) is 106 Å². The van der Waals surface area contributed by atoms with E-state index in [2.05, 4.69) is 5.32 Å². The summed E-state index contributed by atoms with van der Waals surface area (Å²) < 4.78 is 36.1. The predicted octanol–water partition coefficient (Wildman–Crippen LogP) is 3.96. The van der Waals surface area contributed by atoms with Crippen molar-refractivity contribution in [1.82, 2.24) is 5.32 Å². The number of esters is 5. The molecule has 3 N–H and O–H groups in total. The third kappa shape index (κ3) is 8.08. The normalized spacial score (nSPS) is 31.8. The predicted molar refractivity (Wildman–Crippen MR) is 221 cm³/mol. The summed E-state index contributed by atoms with van der Waals surface area (Å²) in [5, 5.41) is 28.6. The summed E-state index contributed by atoms with van der Waals surface area (Å²) >= 11 is 0. The second-order valence-corrected chi connectivity index (χ2v) is 17.5. The summed E-state index contributed by atoms with van der Waals surface area (Å²) in [4.78, 5) is 96.7. The van der Waals surface area contributed by atoms with Crippen molar-refractivity contribution in [3.63, 3.8) is 0 Å². The van der Waals surface area contributed by atoms with Crippen molar-refractivity contribution < 1.29 is 72.2 Å². The number of ketones is 1. The van der Waals surface area contributed by atoms with Gasteiger partial charge in [0.1, 0.15) is 30.0 Å². The number of hydrogen-bond acceptors (Lipinski definition) is 15. The van der Waals surface area contributed by atoms with Crippen molar-refractivity contribution in [2.75, 3.05) is 6.61 Å². The highest BCUT2D eigenvalue weighted by Gasteiger charge is 2.78. The number of ether oxygens (including phenoxy) is 6. The number of carbonyl (C=O) groups excluding carboxylic acids is 7. The van der Waals surface area contributed by atoms with Gasteiger partial charge in [0.05, 0.1) is 29.6 Å². The Morgan fingerprint density at radius 3 is 2.03 bits per heavy atom. The zero-order valence-corrected chi connectivity index (χ0v) is 36.8. The molecule has 0 aromatic heterocycles. The number of Topliss-reactive ketones (excluding diaryl/α,β-unsaturated/α-hetero) is 1. The van der Waals surface area contributed by atoms with Crippen molar-refractivity contribution in [2.45, 2.75) is 129 Å². The standard InChI is InChI=1S/C47H55NO15/c1-10-24(2)41(54)48-35(29-17-13-11-14-18-29)37(60-27(5)50)43(56)61-31-22-47(57)40(62-42(55)30-19-15-12-16-20-30)38-45(9,32(52)21-33-46(38,23-58-33)63-28(6)51)39(53)36(59-26(4)49)34(25(31)3)44(47,7)8/h10-20,31-33,35-38,40,52,57H,21-23H2,1-9H3,(H,48,54)/b24-10+/t31-,32-,33+,35-,36+,37+,38-,40-,45+,46-,47+/m0/s1. The fourth-order valence-electron chi connectivity index (χ4n) is 10.0. The lowest BCUT2D eigenvalue weighted by Crippen LogP contribution is -2.82. The molecule has 2 saturated carbocycles. The molecule has 0 spiro atoms. The zero-order valence-electron chi connectivity index (χ0n) is 36.8. The Morgan fingerprint density at radius 1 is 0.873 bits per heavy atom. The first-order valence-corrected chi connectivity index (χ1v) is 20.8. The lowest BCUT2D eigenvalue weighted by molar-refractivity contribution is -0.346. The first kappa shape index (κ1) is 46.8. The minimum atomic E-state index is -2.42. The maximum Gasteiger partial charge on any atom is 0.350 e. The van der Waals surface area contributed by atoms with E-state index in [9.17, 15) is 39.0 Å². The van der Waals surface area contributed by atoms with E-state index in [4.69, 9.17) is 28.4 Å². The van der Waals surface area contributed by atoms with Gasteiger partial charge in [0.25, 0.3) is 0 Å². The minimum absolute atomic E-state index is 0.0175. The number of allylic oxidation sites excluding steroid dienone is 1. The molecule has 4 aliphatic rings. The third-order valence-electron chi connectivity index (χ3n) is 13.5. The molecular formula is C47H55NO15. The lowest BCUT2D eigenvalue weighted by atomic mass is 9.44. The number of hydrogen-bond donors (Lipinski definition) is 3. The van der Waals surface area contributed by atoms with E-state index in [1.807, 2.05) is 0 Å². The number of aliphatic hydroxyl groups excluding tert-OH is 1. The summed E-state index contributed by atoms with van der Waals surface area (Å²) in [5.74, 6) is -7.72. The van der Waals surface area contributed by atoms with Crippen LogP contribution in [-0.2, 0) is 57.2 Å². The van der Waals surface area contributed by atoms with Gasteiger partial charge in [-0.25, -0.2) is 9.59 Å². The number of amides is 1. The lowest BCUT2D eigenvalue weighted by Gasteiger charge is -2.67. The van der Waals surface area contributed by atoms with Crippen LogP contribution < -0.4 is 5.32 Å². The summed E-state index contributed by atoms with van der Waals surface area (Å²) in [5.41, 5.74) is -7.09. The number of carbonyl (C=O) groups is 7. The Hall–Kier alpha value is -5.71. The topological polar surface area (TPSA) is 227 Å². The Balaban J connectivity index is 1.59. The molecule has 1 saturated heterocycles. The van der Waals surface area contributed by atoms with Crippen LogP contribution in [0, 0.1) is 16.7 Å². The molecular weight excluding hydrogens is 819 g/mol. The molecule has 3 aliphatic carbocycles. The fraction of sp³-hybridized carbons (Fsp3) is 0.511. The second kappa shape index (κ2) is 17.5. The van der Waals surface area contributed by atoms with Gasteiger partial charge in [-0.3, -0.25) is 24.0 Å². The van der Waals surface area contributed by atoms with E-state index in [1.54, 1.807) is 82.3 Å². The fourth-order valence-corrected chi connectivity index (χ4v) is 10.0. The average molecular weight is 874 g/mol. The van der Waals surface area contributed by atoms with Gasteiger partial charge in [0, 0.05) is 44.6 Å². The Kier molecular flexibility index (Phi) is 13.0. The molecule has 338 valence electrons. The monoisotopic (exact) mass is 873 g/mol. The first-order chi connectivity index (χ1) is 29.5. The van der Waals surface area contributed by atoms with Crippen molar-refractivity contribution >= 4 is 41.5 Å². The van der Waals surface area contributed by atoms with Crippen LogP contribution in [0.3, 0.4) is 0 Å². The van der Waals surface area contributed by atoms with E-state index in [0.29, 0.717) is 11.1 Å². The van der Waals surface area contributed by atoms with Gasteiger partial charge in [0.2, 0.25) is 12.0 Å². The maximum absolute atomic E-state index is 15.5. The number of nitrogens with one attached hydrogen (secondary N) is 1. The molecule has 0 unspecified atom stereocenters. The van der Waals surface area contributed by atoms with E-state index in [1.165, 1.54) is 26.0 Å². The van der Waals surface area contributed by atoms with E-state index < -0.39 is 119 Å². The molecule has 2 aromatic carbocycles. The quantitative estimate of drug-likeness (QED) is 0.126. The molecule has 1 amide bonds. The van der Waals surface area contributed by atoms with Gasteiger partial charge in [-0.15, -0.1) is 0 Å². The summed E-state index contributed by atoms with van der Waals surface area (Å²) in [6.07, 6.45) is -8.87. The SMILES string of the molecule is C/C=C(\C)C(=O)N[C@@H](c1ccccc1)[C@@H](OC(C)=O)C(=O)O[C@H]1C[C@@]2(O)[C@@H](OC(=O)c3ccccc3)[C@@H]3[C@]4(OC(C)=O)CO[C@@H]4C[C@H](O)[C@@]3(C)C(=O)[C@H](OC(C)=O)C(=C1C)C2(C)C. The second-order valence-electron chi connectivity index (χ2n) is 17.5. The van der Waals surface area contributed by atoms with Crippen LogP contribution in [0.1, 0.15) is 97.1 Å². The van der Waals surface area contributed by atoms with Gasteiger partial charge < -0.3 is 44.0 Å². The molecule has 0 radical (unpaired) electrons. The summed E-state index contributed by atoms with van der Waals surface area (Å²) in [7, 11) is 0. The smallest absolute Gasteiger partial charge is 0.350 e. The van der Waals surface area contributed by atoms with Crippen molar-refractivity contribution in [3.05, 3.63) is 94.6 Å². The molecule has 63 heavy (non-hydrogen) atoms. The summed E-state index contributed by atoms with van der Waals surface area (Å²) in [6.45, 7) is 12.2. The number of rotatable bonds is 11. The van der Waals surface area contributed by atoms with Crippen LogP contribution in [0.25, 0.3) is 0 Å². The minimum Gasteiger partial charge on any atom is -0.455 e.